The highest BCUT2D eigenvalue weighted by molar-refractivity contribution is 5.98. The van der Waals surface area contributed by atoms with Crippen molar-refractivity contribution in [2.45, 2.75) is 39.2 Å². The molecule has 150 valence electrons. The smallest absolute Gasteiger partial charge is 0.257 e. The molecule has 0 saturated carbocycles. The van der Waals surface area contributed by atoms with Gasteiger partial charge in [-0.05, 0) is 43.9 Å². The van der Waals surface area contributed by atoms with Gasteiger partial charge in [-0.15, -0.1) is 0 Å². The second kappa shape index (κ2) is 9.20. The van der Waals surface area contributed by atoms with Crippen LogP contribution < -0.4 is 5.32 Å². The van der Waals surface area contributed by atoms with Gasteiger partial charge in [0.2, 0.25) is 0 Å². The molecule has 1 N–H and O–H groups in total. The minimum atomic E-state index is 0.00336. The fraction of sp³-hybridized carbons (Fsp3) is 0.478. The lowest BCUT2D eigenvalue weighted by molar-refractivity contribution is 0.0828. The van der Waals surface area contributed by atoms with E-state index in [-0.39, 0.29) is 11.9 Å². The Balaban J connectivity index is 1.75. The van der Waals surface area contributed by atoms with Crippen LogP contribution in [0.1, 0.15) is 41.0 Å². The lowest BCUT2D eigenvalue weighted by Gasteiger charge is -2.19. The second-order valence-corrected chi connectivity index (χ2v) is 8.07. The van der Waals surface area contributed by atoms with E-state index < -0.39 is 0 Å². The topological polar surface area (TPSA) is 48.5 Å². The average molecular weight is 381 g/mol. The number of fused-ring (bicyclic) bond motifs is 1. The van der Waals surface area contributed by atoms with Gasteiger partial charge in [0.15, 0.2) is 0 Å². The zero-order chi connectivity index (χ0) is 20.1. The van der Waals surface area contributed by atoms with Crippen molar-refractivity contribution >= 4 is 11.7 Å². The van der Waals surface area contributed by atoms with E-state index in [0.717, 1.165) is 44.6 Å². The predicted octanol–water partition coefficient (Wildman–Crippen LogP) is 3.25. The highest BCUT2D eigenvalue weighted by Crippen LogP contribution is 2.23. The van der Waals surface area contributed by atoms with Gasteiger partial charge in [-0.2, -0.15) is 0 Å². The Hall–Kier alpha value is -2.40. The number of carbonyl (C=O) groups excluding carboxylic acids is 1. The van der Waals surface area contributed by atoms with Crippen molar-refractivity contribution in [3.05, 3.63) is 58.8 Å². The number of pyridine rings is 1. The summed E-state index contributed by atoms with van der Waals surface area (Å²) >= 11 is 0. The molecular weight excluding hydrogens is 348 g/mol. The summed E-state index contributed by atoms with van der Waals surface area (Å²) in [4.78, 5) is 21.7. The van der Waals surface area contributed by atoms with Gasteiger partial charge < -0.3 is 15.1 Å². The molecule has 0 fully saturated rings. The first-order chi connectivity index (χ1) is 13.4. The summed E-state index contributed by atoms with van der Waals surface area (Å²) in [6.45, 7) is 7.22. The van der Waals surface area contributed by atoms with Crippen molar-refractivity contribution in [3.8, 4) is 0 Å². The minimum Gasteiger partial charge on any atom is -0.367 e. The van der Waals surface area contributed by atoms with Gasteiger partial charge >= 0.3 is 0 Å². The molecule has 28 heavy (non-hydrogen) atoms. The van der Waals surface area contributed by atoms with Gasteiger partial charge in [-0.1, -0.05) is 30.3 Å². The summed E-state index contributed by atoms with van der Waals surface area (Å²) in [6.07, 6.45) is 2.93. The Labute approximate surface area is 168 Å². The third-order valence-electron chi connectivity index (χ3n) is 5.17. The van der Waals surface area contributed by atoms with Gasteiger partial charge in [0, 0.05) is 51.9 Å². The number of rotatable bonds is 6. The zero-order valence-corrected chi connectivity index (χ0v) is 17.5. The third-order valence-corrected chi connectivity index (χ3v) is 5.17. The van der Waals surface area contributed by atoms with Crippen LogP contribution in [0, 0.1) is 0 Å². The lowest BCUT2D eigenvalue weighted by Crippen LogP contribution is -2.28. The van der Waals surface area contributed by atoms with Crippen LogP contribution in [-0.4, -0.2) is 60.5 Å². The Morgan fingerprint density at radius 2 is 1.89 bits per heavy atom. The van der Waals surface area contributed by atoms with Crippen LogP contribution in [0.15, 0.2) is 36.4 Å². The summed E-state index contributed by atoms with van der Waals surface area (Å²) in [6, 6.07) is 12.9. The maximum atomic E-state index is 12.7. The fourth-order valence-electron chi connectivity index (χ4n) is 3.62. The van der Waals surface area contributed by atoms with Crippen molar-refractivity contribution in [2.75, 3.05) is 39.0 Å². The normalized spacial score (nSPS) is 14.5. The van der Waals surface area contributed by atoms with E-state index >= 15 is 0 Å². The highest BCUT2D eigenvalue weighted by Gasteiger charge is 2.22. The molecular formula is C23H32N4O. The Bertz CT molecular complexity index is 802. The van der Waals surface area contributed by atoms with Crippen molar-refractivity contribution in [1.82, 2.24) is 14.8 Å². The maximum Gasteiger partial charge on any atom is 0.257 e. The average Bonchev–Trinajstić information content (AvgIpc) is 2.87. The molecule has 0 radical (unpaired) electrons. The van der Waals surface area contributed by atoms with Crippen LogP contribution in [0.5, 0.6) is 0 Å². The van der Waals surface area contributed by atoms with Gasteiger partial charge in [0.25, 0.3) is 5.91 Å². The second-order valence-electron chi connectivity index (χ2n) is 8.07. The van der Waals surface area contributed by atoms with Crippen LogP contribution >= 0.6 is 0 Å². The molecule has 1 aliphatic heterocycles. The molecule has 1 aromatic heterocycles. The summed E-state index contributed by atoms with van der Waals surface area (Å²) < 4.78 is 0. The zero-order valence-electron chi connectivity index (χ0n) is 17.5. The Kier molecular flexibility index (Phi) is 6.68. The molecule has 0 bridgehead atoms. The van der Waals surface area contributed by atoms with Crippen molar-refractivity contribution in [3.63, 3.8) is 0 Å². The number of hydrogen-bond acceptors (Lipinski definition) is 4. The van der Waals surface area contributed by atoms with Gasteiger partial charge in [-0.25, -0.2) is 4.98 Å². The van der Waals surface area contributed by atoms with Crippen LogP contribution in [0.3, 0.4) is 0 Å². The van der Waals surface area contributed by atoms with E-state index in [0.29, 0.717) is 11.4 Å². The number of amides is 1. The molecule has 0 spiro atoms. The number of hydrogen-bond donors (Lipinski definition) is 1. The third kappa shape index (κ3) is 5.10. The molecule has 0 saturated heterocycles. The molecule has 0 unspecified atom stereocenters. The quantitative estimate of drug-likeness (QED) is 0.836. The van der Waals surface area contributed by atoms with E-state index in [1.54, 1.807) is 19.0 Å². The largest absolute Gasteiger partial charge is 0.367 e. The Morgan fingerprint density at radius 3 is 2.57 bits per heavy atom. The monoisotopic (exact) mass is 380 g/mol. The maximum absolute atomic E-state index is 12.7. The van der Waals surface area contributed by atoms with Gasteiger partial charge in [0.05, 0.1) is 5.56 Å². The molecule has 1 aliphatic rings. The molecule has 1 aromatic carbocycles. The number of carbonyl (C=O) groups is 1. The SMILES string of the molecule is CC(C)Nc1nc2c(cc1C(=O)N(C)C)CCN(CCc1ccccc1)CC2. The molecule has 3 rings (SSSR count). The van der Waals surface area contributed by atoms with E-state index in [9.17, 15) is 4.79 Å². The highest BCUT2D eigenvalue weighted by atomic mass is 16.2. The first kappa shape index (κ1) is 20.3. The number of aromatic nitrogens is 1. The number of benzene rings is 1. The van der Waals surface area contributed by atoms with Crippen LogP contribution in [0.25, 0.3) is 0 Å². The summed E-state index contributed by atoms with van der Waals surface area (Å²) in [5.41, 5.74) is 4.39. The summed E-state index contributed by atoms with van der Waals surface area (Å²) in [5.74, 6) is 0.716. The number of nitrogens with one attached hydrogen (secondary N) is 1. The van der Waals surface area contributed by atoms with E-state index in [4.69, 9.17) is 4.98 Å². The summed E-state index contributed by atoms with van der Waals surface area (Å²) in [7, 11) is 3.58. The van der Waals surface area contributed by atoms with Crippen molar-refractivity contribution < 1.29 is 4.79 Å². The van der Waals surface area contributed by atoms with Crippen molar-refractivity contribution in [2.24, 2.45) is 0 Å². The summed E-state index contributed by atoms with van der Waals surface area (Å²) in [5, 5.41) is 3.37. The predicted molar refractivity (Wildman–Crippen MR) is 115 cm³/mol. The fourth-order valence-corrected chi connectivity index (χ4v) is 3.62. The molecule has 1 amide bonds. The molecule has 0 atom stereocenters. The number of anilines is 1. The first-order valence-corrected chi connectivity index (χ1v) is 10.2. The van der Waals surface area contributed by atoms with Crippen LogP contribution in [0.4, 0.5) is 5.82 Å². The standard InChI is InChI=1S/C23H32N4O/c1-17(2)24-22-20(23(28)26(3)4)16-19-11-14-27(15-12-21(19)25-22)13-10-18-8-6-5-7-9-18/h5-9,16-17H,10-15H2,1-4H3,(H,24,25). The van der Waals surface area contributed by atoms with Gasteiger partial charge in [0.1, 0.15) is 5.82 Å². The van der Waals surface area contributed by atoms with E-state index in [2.05, 4.69) is 60.5 Å². The first-order valence-electron chi connectivity index (χ1n) is 10.2. The molecule has 5 heteroatoms. The molecule has 5 nitrogen and oxygen atoms in total. The molecule has 2 heterocycles. The molecule has 0 aliphatic carbocycles. The van der Waals surface area contributed by atoms with Crippen LogP contribution in [-0.2, 0) is 19.3 Å². The van der Waals surface area contributed by atoms with E-state index in [1.165, 1.54) is 11.1 Å². The van der Waals surface area contributed by atoms with Crippen LogP contribution in [0.2, 0.25) is 0 Å². The Morgan fingerprint density at radius 1 is 1.18 bits per heavy atom. The molecule has 2 aromatic rings. The number of nitrogens with zero attached hydrogens (tertiary/aromatic N) is 3. The lowest BCUT2D eigenvalue weighted by atomic mass is 10.0. The van der Waals surface area contributed by atoms with Gasteiger partial charge in [-0.3, -0.25) is 4.79 Å². The van der Waals surface area contributed by atoms with Crippen molar-refractivity contribution in [1.29, 1.82) is 0 Å². The minimum absolute atomic E-state index is 0.00336. The van der Waals surface area contributed by atoms with E-state index in [1.807, 2.05) is 0 Å².